The molecule has 9 heteroatoms. The van der Waals surface area contributed by atoms with Crippen molar-refractivity contribution in [3.05, 3.63) is 94.3 Å². The molecule has 0 bridgehead atoms. The largest absolute Gasteiger partial charge is 0.469 e. The summed E-state index contributed by atoms with van der Waals surface area (Å²) in [4.78, 5) is 25.4. The maximum atomic E-state index is 14.8. The van der Waals surface area contributed by atoms with Gasteiger partial charge in [0.2, 0.25) is 0 Å². The molecule has 3 aromatic rings. The first-order valence-corrected chi connectivity index (χ1v) is 13.4. The fourth-order valence-corrected chi connectivity index (χ4v) is 4.19. The number of nitrogens with zero attached hydrogens (tertiary/aromatic N) is 1. The van der Waals surface area contributed by atoms with Crippen molar-refractivity contribution in [2.75, 3.05) is 27.3 Å². The molecule has 0 spiro atoms. The van der Waals surface area contributed by atoms with Gasteiger partial charge in [-0.25, -0.2) is 9.18 Å². The van der Waals surface area contributed by atoms with E-state index >= 15 is 0 Å². The predicted molar refractivity (Wildman–Crippen MR) is 151 cm³/mol. The van der Waals surface area contributed by atoms with Gasteiger partial charge in [0.1, 0.15) is 17.3 Å². The van der Waals surface area contributed by atoms with Crippen LogP contribution in [0.25, 0.3) is 0 Å². The van der Waals surface area contributed by atoms with Crippen molar-refractivity contribution in [3.8, 4) is 11.5 Å². The van der Waals surface area contributed by atoms with Crippen molar-refractivity contribution in [2.24, 2.45) is 0 Å². The van der Waals surface area contributed by atoms with E-state index in [-0.39, 0.29) is 24.6 Å². The Kier molecular flexibility index (Phi) is 12.4. The number of carbonyl (C=O) groups excluding carboxylic acids is 2. The fraction of sp³-hybridized carbons (Fsp3) is 0.355. The molecule has 0 heterocycles. The molecule has 0 aliphatic heterocycles. The van der Waals surface area contributed by atoms with Crippen molar-refractivity contribution in [1.82, 2.24) is 4.90 Å². The standard InChI is InChI=1S/C31H35ClFNO6/c1-22(39-21-25-11-14-28(18-29(25)33)40-27-15-12-26(32)13-16-27)19-34(17-5-4-6-30(35)37-2)20-23-7-9-24(10-8-23)31(36)38-3/h7-16,18,22H,4-6,17,19-21H2,1-3H3/t22-/m1/s1. The number of hydrogen-bond donors (Lipinski definition) is 0. The summed E-state index contributed by atoms with van der Waals surface area (Å²) in [6.07, 6.45) is 1.67. The van der Waals surface area contributed by atoms with Gasteiger partial charge in [-0.2, -0.15) is 0 Å². The number of ether oxygens (including phenoxy) is 4. The lowest BCUT2D eigenvalue weighted by Gasteiger charge is -2.26. The molecule has 214 valence electrons. The normalized spacial score (nSPS) is 11.8. The van der Waals surface area contributed by atoms with E-state index in [1.165, 1.54) is 20.3 Å². The molecule has 3 aromatic carbocycles. The van der Waals surface area contributed by atoms with E-state index in [0.717, 1.165) is 18.5 Å². The molecule has 0 fully saturated rings. The number of esters is 2. The second kappa shape index (κ2) is 16.0. The quantitative estimate of drug-likeness (QED) is 0.146. The van der Waals surface area contributed by atoms with Gasteiger partial charge in [-0.1, -0.05) is 29.8 Å². The van der Waals surface area contributed by atoms with Gasteiger partial charge in [-0.05, 0) is 74.3 Å². The Morgan fingerprint density at radius 2 is 1.62 bits per heavy atom. The van der Waals surface area contributed by atoms with Crippen molar-refractivity contribution < 1.29 is 32.9 Å². The fourth-order valence-electron chi connectivity index (χ4n) is 4.06. The molecule has 3 rings (SSSR count). The van der Waals surface area contributed by atoms with Gasteiger partial charge >= 0.3 is 11.9 Å². The molecule has 0 aliphatic carbocycles. The summed E-state index contributed by atoms with van der Waals surface area (Å²) in [6.45, 7) is 4.00. The molecule has 0 N–H and O–H groups in total. The molecule has 40 heavy (non-hydrogen) atoms. The van der Waals surface area contributed by atoms with Crippen molar-refractivity contribution >= 4 is 23.5 Å². The molecular formula is C31H35ClFNO6. The monoisotopic (exact) mass is 571 g/mol. The number of rotatable bonds is 15. The maximum Gasteiger partial charge on any atom is 0.337 e. The minimum atomic E-state index is -0.413. The van der Waals surface area contributed by atoms with Crippen LogP contribution in [0.3, 0.4) is 0 Å². The SMILES string of the molecule is COC(=O)CCCCN(Cc1ccc(C(=O)OC)cc1)C[C@@H](C)OCc1ccc(Oc2ccc(Cl)cc2)cc1F. The molecule has 0 amide bonds. The van der Waals surface area contributed by atoms with Crippen LogP contribution in [-0.2, 0) is 32.2 Å². The number of carbonyl (C=O) groups is 2. The van der Waals surface area contributed by atoms with Gasteiger partial charge in [0.25, 0.3) is 0 Å². The molecule has 0 radical (unpaired) electrons. The summed E-state index contributed by atoms with van der Waals surface area (Å²) in [5.74, 6) is -0.0802. The molecule has 0 unspecified atom stereocenters. The zero-order valence-corrected chi connectivity index (χ0v) is 23.8. The highest BCUT2D eigenvalue weighted by Gasteiger charge is 2.15. The van der Waals surface area contributed by atoms with Crippen LogP contribution in [0, 0.1) is 5.82 Å². The summed E-state index contributed by atoms with van der Waals surface area (Å²) >= 11 is 5.90. The number of halogens is 2. The number of benzene rings is 3. The zero-order valence-electron chi connectivity index (χ0n) is 23.0. The summed E-state index contributed by atoms with van der Waals surface area (Å²) in [5, 5.41) is 0.594. The lowest BCUT2D eigenvalue weighted by Crippen LogP contribution is -2.33. The first kappa shape index (κ1) is 31.1. The topological polar surface area (TPSA) is 74.3 Å². The maximum absolute atomic E-state index is 14.8. The molecule has 0 saturated carbocycles. The average Bonchev–Trinajstić information content (AvgIpc) is 2.95. The van der Waals surface area contributed by atoms with Gasteiger partial charge in [0, 0.05) is 36.2 Å². The minimum Gasteiger partial charge on any atom is -0.469 e. The Bertz CT molecular complexity index is 1240. The summed E-state index contributed by atoms with van der Waals surface area (Å²) in [6, 6.07) is 18.8. The Labute approximate surface area is 239 Å². The first-order valence-electron chi connectivity index (χ1n) is 13.1. The number of unbranched alkanes of at least 4 members (excludes halogenated alkanes) is 1. The van der Waals surface area contributed by atoms with E-state index in [9.17, 15) is 14.0 Å². The lowest BCUT2D eigenvalue weighted by molar-refractivity contribution is -0.140. The van der Waals surface area contributed by atoms with E-state index in [2.05, 4.69) is 4.90 Å². The first-order chi connectivity index (χ1) is 19.3. The van der Waals surface area contributed by atoms with Gasteiger partial charge in [-0.3, -0.25) is 9.69 Å². The Balaban J connectivity index is 1.56. The zero-order chi connectivity index (χ0) is 28.9. The highest BCUT2D eigenvalue weighted by Crippen LogP contribution is 2.25. The van der Waals surface area contributed by atoms with Crippen molar-refractivity contribution in [3.63, 3.8) is 0 Å². The minimum absolute atomic E-state index is 0.109. The third-order valence-electron chi connectivity index (χ3n) is 6.23. The second-order valence-corrected chi connectivity index (χ2v) is 9.82. The summed E-state index contributed by atoms with van der Waals surface area (Å²) in [5.41, 5.74) is 1.94. The van der Waals surface area contributed by atoms with Crippen molar-refractivity contribution in [2.45, 2.75) is 45.4 Å². The molecule has 7 nitrogen and oxygen atoms in total. The van der Waals surface area contributed by atoms with Crippen LogP contribution in [0.4, 0.5) is 4.39 Å². The molecule has 0 aromatic heterocycles. The van der Waals surface area contributed by atoms with E-state index < -0.39 is 5.82 Å². The lowest BCUT2D eigenvalue weighted by atomic mass is 10.1. The van der Waals surface area contributed by atoms with E-state index in [4.69, 9.17) is 30.5 Å². The van der Waals surface area contributed by atoms with Crippen LogP contribution in [0.2, 0.25) is 5.02 Å². The molecule has 1 atom stereocenters. The summed E-state index contributed by atoms with van der Waals surface area (Å²) in [7, 11) is 2.73. The van der Waals surface area contributed by atoms with Gasteiger partial charge in [0.05, 0.1) is 32.5 Å². The van der Waals surface area contributed by atoms with Gasteiger partial charge in [0.15, 0.2) is 0 Å². The van der Waals surface area contributed by atoms with Gasteiger partial charge < -0.3 is 18.9 Å². The Morgan fingerprint density at radius 1 is 0.925 bits per heavy atom. The third kappa shape index (κ3) is 10.3. The average molecular weight is 572 g/mol. The highest BCUT2D eigenvalue weighted by molar-refractivity contribution is 6.30. The number of hydrogen-bond acceptors (Lipinski definition) is 7. The van der Waals surface area contributed by atoms with Crippen molar-refractivity contribution in [1.29, 1.82) is 0 Å². The van der Waals surface area contributed by atoms with E-state index in [1.807, 2.05) is 19.1 Å². The molecular weight excluding hydrogens is 537 g/mol. The third-order valence-corrected chi connectivity index (χ3v) is 6.48. The smallest absolute Gasteiger partial charge is 0.337 e. The van der Waals surface area contributed by atoms with Gasteiger partial charge in [-0.15, -0.1) is 0 Å². The van der Waals surface area contributed by atoms with Crippen LogP contribution in [0.1, 0.15) is 47.7 Å². The number of methoxy groups -OCH3 is 2. The molecule has 0 aliphatic rings. The Morgan fingerprint density at radius 3 is 2.27 bits per heavy atom. The second-order valence-electron chi connectivity index (χ2n) is 9.39. The molecule has 0 saturated heterocycles. The van der Waals surface area contributed by atoms with E-state index in [1.54, 1.807) is 48.5 Å². The summed E-state index contributed by atoms with van der Waals surface area (Å²) < 4.78 is 36.0. The predicted octanol–water partition coefficient (Wildman–Crippen LogP) is 6.81. The highest BCUT2D eigenvalue weighted by atomic mass is 35.5. The van der Waals surface area contributed by atoms with Crippen LogP contribution in [0.15, 0.2) is 66.7 Å². The van der Waals surface area contributed by atoms with Crippen LogP contribution >= 0.6 is 11.6 Å². The Hall–Kier alpha value is -3.46. The van der Waals surface area contributed by atoms with Crippen LogP contribution < -0.4 is 4.74 Å². The van der Waals surface area contributed by atoms with E-state index in [0.29, 0.717) is 53.6 Å². The van der Waals surface area contributed by atoms with Crippen LogP contribution in [-0.4, -0.2) is 50.3 Å². The van der Waals surface area contributed by atoms with Crippen LogP contribution in [0.5, 0.6) is 11.5 Å².